The first-order valence-electron chi connectivity index (χ1n) is 5.96. The minimum absolute atomic E-state index is 0.0244. The number of aliphatic hydroxyl groups excluding tert-OH is 1. The van der Waals surface area contributed by atoms with E-state index in [-0.39, 0.29) is 18.8 Å². The summed E-state index contributed by atoms with van der Waals surface area (Å²) in [5, 5.41) is 23.9. The van der Waals surface area contributed by atoms with E-state index in [4.69, 9.17) is 4.74 Å². The van der Waals surface area contributed by atoms with Gasteiger partial charge in [-0.05, 0) is 13.3 Å². The smallest absolute Gasteiger partial charge is 0.0793 e. The summed E-state index contributed by atoms with van der Waals surface area (Å²) >= 11 is 0. The molecular weight excluding hydrogens is 208 g/mol. The maximum Gasteiger partial charge on any atom is 0.0793 e. The molecule has 2 rings (SSSR count). The summed E-state index contributed by atoms with van der Waals surface area (Å²) in [5.41, 5.74) is -0.620. The zero-order valence-electron chi connectivity index (χ0n) is 9.80. The Kier molecular flexibility index (Phi) is 3.81. The Balaban J connectivity index is 1.99. The van der Waals surface area contributed by atoms with E-state index < -0.39 is 5.60 Å². The summed E-state index contributed by atoms with van der Waals surface area (Å²) in [6, 6.07) is 0.0244. The van der Waals surface area contributed by atoms with Crippen LogP contribution in [0.3, 0.4) is 0 Å². The van der Waals surface area contributed by atoms with Gasteiger partial charge in [-0.2, -0.15) is 0 Å². The molecule has 2 heterocycles. The van der Waals surface area contributed by atoms with E-state index in [2.05, 4.69) is 10.2 Å². The lowest BCUT2D eigenvalue weighted by molar-refractivity contribution is -0.0879. The van der Waals surface area contributed by atoms with Crippen molar-refractivity contribution < 1.29 is 14.9 Å². The van der Waals surface area contributed by atoms with Crippen molar-refractivity contribution in [1.29, 1.82) is 0 Å². The third-order valence-corrected chi connectivity index (χ3v) is 3.48. The van der Waals surface area contributed by atoms with Crippen molar-refractivity contribution >= 4 is 0 Å². The number of hydrogen-bond acceptors (Lipinski definition) is 4. The fourth-order valence-electron chi connectivity index (χ4n) is 2.45. The second kappa shape index (κ2) is 4.98. The van der Waals surface area contributed by atoms with Gasteiger partial charge in [0.1, 0.15) is 0 Å². The van der Waals surface area contributed by atoms with E-state index in [9.17, 15) is 10.2 Å². The van der Waals surface area contributed by atoms with E-state index in [0.717, 1.165) is 13.0 Å². The van der Waals surface area contributed by atoms with Gasteiger partial charge < -0.3 is 14.9 Å². The topological polar surface area (TPSA) is 67.0 Å². The van der Waals surface area contributed by atoms with Crippen LogP contribution in [0.2, 0.25) is 0 Å². The standard InChI is InChI=1S/C11H21N2O3/c1-11(15)2-3-12-10(6-11)13-4-5-16-8-9(13)7-14/h9-10,14-15H,2-8H2,1H3. The molecular formula is C11H21N2O3. The number of nitrogens with zero attached hydrogens (tertiary/aromatic N) is 2. The normalized spacial score (nSPS) is 42.2. The zero-order chi connectivity index (χ0) is 11.6. The molecule has 0 aromatic heterocycles. The summed E-state index contributed by atoms with van der Waals surface area (Å²) in [6.45, 7) is 4.69. The van der Waals surface area contributed by atoms with Crippen LogP contribution in [-0.4, -0.2) is 65.8 Å². The molecule has 1 radical (unpaired) electrons. The lowest BCUT2D eigenvalue weighted by Gasteiger charge is -2.44. The van der Waals surface area contributed by atoms with Crippen molar-refractivity contribution in [3.05, 3.63) is 0 Å². The average Bonchev–Trinajstić information content (AvgIpc) is 2.27. The van der Waals surface area contributed by atoms with E-state index in [1.165, 1.54) is 0 Å². The largest absolute Gasteiger partial charge is 0.395 e. The number of piperidine rings is 1. The highest BCUT2D eigenvalue weighted by molar-refractivity contribution is 4.89. The first-order chi connectivity index (χ1) is 7.62. The second-order valence-corrected chi connectivity index (χ2v) is 4.99. The molecule has 0 spiro atoms. The molecule has 5 nitrogen and oxygen atoms in total. The van der Waals surface area contributed by atoms with Crippen LogP contribution in [0, 0.1) is 0 Å². The van der Waals surface area contributed by atoms with Gasteiger partial charge in [0.05, 0.1) is 37.6 Å². The van der Waals surface area contributed by atoms with Crippen LogP contribution in [0.1, 0.15) is 19.8 Å². The van der Waals surface area contributed by atoms with Crippen molar-refractivity contribution in [2.45, 2.75) is 37.6 Å². The van der Waals surface area contributed by atoms with Crippen molar-refractivity contribution in [3.63, 3.8) is 0 Å². The van der Waals surface area contributed by atoms with Crippen LogP contribution in [0.25, 0.3) is 0 Å². The molecule has 2 N–H and O–H groups in total. The summed E-state index contributed by atoms with van der Waals surface area (Å²) in [7, 11) is 0. The molecule has 0 saturated carbocycles. The number of morpholine rings is 1. The van der Waals surface area contributed by atoms with Crippen LogP contribution in [-0.2, 0) is 4.74 Å². The summed E-state index contributed by atoms with van der Waals surface area (Å²) in [4.78, 5) is 2.16. The van der Waals surface area contributed by atoms with E-state index in [1.54, 1.807) is 0 Å². The number of ether oxygens (including phenoxy) is 1. The highest BCUT2D eigenvalue weighted by atomic mass is 16.5. The highest BCUT2D eigenvalue weighted by Crippen LogP contribution is 2.25. The number of rotatable bonds is 2. The number of hydrogen-bond donors (Lipinski definition) is 2. The van der Waals surface area contributed by atoms with Gasteiger partial charge in [0, 0.05) is 19.5 Å². The molecule has 0 aliphatic carbocycles. The van der Waals surface area contributed by atoms with E-state index in [1.807, 2.05) is 6.92 Å². The van der Waals surface area contributed by atoms with Crippen LogP contribution in [0.15, 0.2) is 0 Å². The Morgan fingerprint density at radius 2 is 2.38 bits per heavy atom. The Hall–Kier alpha value is -0.200. The average molecular weight is 229 g/mol. The van der Waals surface area contributed by atoms with Crippen LogP contribution in [0.4, 0.5) is 0 Å². The monoisotopic (exact) mass is 229 g/mol. The van der Waals surface area contributed by atoms with Gasteiger partial charge in [-0.1, -0.05) is 0 Å². The van der Waals surface area contributed by atoms with Gasteiger partial charge in [0.25, 0.3) is 0 Å². The number of aliphatic hydroxyl groups is 2. The third-order valence-electron chi connectivity index (χ3n) is 3.48. The molecule has 2 aliphatic rings. The maximum absolute atomic E-state index is 10.1. The molecule has 5 heteroatoms. The van der Waals surface area contributed by atoms with Crippen LogP contribution < -0.4 is 5.32 Å². The summed E-state index contributed by atoms with van der Waals surface area (Å²) in [6.07, 6.45) is 1.42. The van der Waals surface area contributed by atoms with Crippen LogP contribution >= 0.6 is 0 Å². The predicted octanol–water partition coefficient (Wildman–Crippen LogP) is -0.845. The van der Waals surface area contributed by atoms with Gasteiger partial charge in [0.15, 0.2) is 0 Å². The van der Waals surface area contributed by atoms with Crippen molar-refractivity contribution in [1.82, 2.24) is 10.2 Å². The molecule has 2 fully saturated rings. The Morgan fingerprint density at radius 3 is 3.06 bits per heavy atom. The molecule has 93 valence electrons. The Labute approximate surface area is 96.4 Å². The quantitative estimate of drug-likeness (QED) is 0.647. The molecule has 2 aliphatic heterocycles. The first kappa shape index (κ1) is 12.3. The molecule has 0 amide bonds. The van der Waals surface area contributed by atoms with E-state index in [0.29, 0.717) is 26.2 Å². The summed E-state index contributed by atoms with van der Waals surface area (Å²) in [5.74, 6) is 0. The molecule has 0 aromatic rings. The third kappa shape index (κ3) is 2.73. The van der Waals surface area contributed by atoms with Crippen molar-refractivity contribution in [3.8, 4) is 0 Å². The second-order valence-electron chi connectivity index (χ2n) is 4.99. The zero-order valence-corrected chi connectivity index (χ0v) is 9.80. The fourth-order valence-corrected chi connectivity index (χ4v) is 2.45. The SMILES string of the molecule is CC1(O)CC[N]C(N2CCOCC2CO)C1. The van der Waals surface area contributed by atoms with E-state index >= 15 is 0 Å². The van der Waals surface area contributed by atoms with Gasteiger partial charge in [-0.3, -0.25) is 4.90 Å². The maximum atomic E-state index is 10.1. The molecule has 0 bridgehead atoms. The summed E-state index contributed by atoms with van der Waals surface area (Å²) < 4.78 is 5.34. The predicted molar refractivity (Wildman–Crippen MR) is 59.0 cm³/mol. The van der Waals surface area contributed by atoms with Gasteiger partial charge in [0.2, 0.25) is 0 Å². The van der Waals surface area contributed by atoms with Crippen molar-refractivity contribution in [2.24, 2.45) is 0 Å². The fraction of sp³-hybridized carbons (Fsp3) is 1.00. The molecule has 0 aromatic carbocycles. The van der Waals surface area contributed by atoms with Gasteiger partial charge >= 0.3 is 0 Å². The Bertz CT molecular complexity index is 235. The Morgan fingerprint density at radius 1 is 1.56 bits per heavy atom. The molecule has 16 heavy (non-hydrogen) atoms. The highest BCUT2D eigenvalue weighted by Gasteiger charge is 2.37. The molecule has 3 atom stereocenters. The minimum atomic E-state index is -0.620. The first-order valence-corrected chi connectivity index (χ1v) is 5.96. The lowest BCUT2D eigenvalue weighted by Crippen LogP contribution is -2.59. The van der Waals surface area contributed by atoms with Gasteiger partial charge in [-0.25, -0.2) is 5.32 Å². The minimum Gasteiger partial charge on any atom is -0.395 e. The molecule has 2 saturated heterocycles. The van der Waals surface area contributed by atoms with Gasteiger partial charge in [-0.15, -0.1) is 0 Å². The molecule has 3 unspecified atom stereocenters. The lowest BCUT2D eigenvalue weighted by atomic mass is 9.91. The van der Waals surface area contributed by atoms with Crippen LogP contribution in [0.5, 0.6) is 0 Å². The van der Waals surface area contributed by atoms with Crippen molar-refractivity contribution in [2.75, 3.05) is 32.9 Å².